The zero-order valence-corrected chi connectivity index (χ0v) is 42.2. The number of furan rings is 1. The van der Waals surface area contributed by atoms with Crippen LogP contribution < -0.4 is 19.6 Å². The number of benzene rings is 12. The van der Waals surface area contributed by atoms with Crippen LogP contribution in [0.15, 0.2) is 320 Å². The van der Waals surface area contributed by atoms with Crippen LogP contribution in [0.4, 0.5) is 68.2 Å². The predicted molar refractivity (Wildman–Crippen MR) is 323 cm³/mol. The molecule has 12 aromatic carbocycles. The van der Waals surface area contributed by atoms with Crippen molar-refractivity contribution in [3.05, 3.63) is 315 Å². The lowest BCUT2D eigenvalue weighted by Crippen LogP contribution is -2.13. The quantitative estimate of drug-likeness (QED) is 0.108. The van der Waals surface area contributed by atoms with Gasteiger partial charge >= 0.3 is 0 Å². The number of nitrogens with zero attached hydrogens (tertiary/aromatic N) is 4. The van der Waals surface area contributed by atoms with Crippen molar-refractivity contribution in [1.82, 2.24) is 0 Å². The molecule has 13 rings (SSSR count). The summed E-state index contributed by atoms with van der Waals surface area (Å²) in [7, 11) is 0. The minimum absolute atomic E-state index is 0.816. The molecule has 0 saturated heterocycles. The molecule has 0 radical (unpaired) electrons. The fraction of sp³-hybridized carbons (Fsp3) is 0. The zero-order valence-electron chi connectivity index (χ0n) is 42.2. The molecule has 0 aliphatic rings. The van der Waals surface area contributed by atoms with E-state index in [-0.39, 0.29) is 0 Å². The number of para-hydroxylation sites is 6. The van der Waals surface area contributed by atoms with E-state index in [0.717, 1.165) is 112 Å². The van der Waals surface area contributed by atoms with Crippen molar-refractivity contribution in [1.29, 1.82) is 0 Å². The van der Waals surface area contributed by atoms with E-state index < -0.39 is 0 Å². The summed E-state index contributed by atoms with van der Waals surface area (Å²) in [6.45, 7) is 0. The van der Waals surface area contributed by atoms with E-state index in [4.69, 9.17) is 4.42 Å². The minimum atomic E-state index is 0.816. The Kier molecular flexibility index (Phi) is 12.6. The lowest BCUT2D eigenvalue weighted by molar-refractivity contribution is 0.669. The Balaban J connectivity index is 0.974. The van der Waals surface area contributed by atoms with Gasteiger partial charge in [-0.05, 0) is 157 Å². The molecule has 0 atom stereocenters. The Morgan fingerprint density at radius 2 is 0.442 bits per heavy atom. The summed E-state index contributed by atoms with van der Waals surface area (Å²) in [6.07, 6.45) is 0. The Bertz CT molecular complexity index is 3740. The summed E-state index contributed by atoms with van der Waals surface area (Å²) in [4.78, 5) is 9.40. The molecule has 1 heterocycles. The largest absolute Gasteiger partial charge is 0.456 e. The van der Waals surface area contributed by atoms with Gasteiger partial charge in [-0.25, -0.2) is 0 Å². The van der Waals surface area contributed by atoms with E-state index in [0.29, 0.717) is 0 Å². The number of hydrogen-bond donors (Lipinski definition) is 0. The highest BCUT2D eigenvalue weighted by molar-refractivity contribution is 6.09. The second kappa shape index (κ2) is 20.9. The smallest absolute Gasteiger partial charge is 0.135 e. The summed E-state index contributed by atoms with van der Waals surface area (Å²) in [5, 5.41) is 2.04. The van der Waals surface area contributed by atoms with Gasteiger partial charge in [0.1, 0.15) is 11.2 Å². The van der Waals surface area contributed by atoms with E-state index in [2.05, 4.69) is 335 Å². The summed E-state index contributed by atoms with van der Waals surface area (Å²) >= 11 is 0. The Morgan fingerprint density at radius 3 is 0.740 bits per heavy atom. The third kappa shape index (κ3) is 9.24. The second-order valence-corrected chi connectivity index (χ2v) is 19.0. The summed E-state index contributed by atoms with van der Waals surface area (Å²) < 4.78 is 6.74. The number of hydrogen-bond acceptors (Lipinski definition) is 5. The minimum Gasteiger partial charge on any atom is -0.456 e. The molecule has 0 N–H and O–H groups in total. The Hall–Kier alpha value is -10.4. The van der Waals surface area contributed by atoms with Crippen LogP contribution in [0.2, 0.25) is 0 Å². The van der Waals surface area contributed by atoms with Gasteiger partial charge in [-0.2, -0.15) is 0 Å². The monoisotopic (exact) mass is 988 g/mol. The third-order valence-electron chi connectivity index (χ3n) is 14.2. The fourth-order valence-corrected chi connectivity index (χ4v) is 10.7. The highest BCUT2D eigenvalue weighted by atomic mass is 16.3. The van der Waals surface area contributed by atoms with Crippen molar-refractivity contribution in [2.75, 3.05) is 19.6 Å². The highest BCUT2D eigenvalue weighted by Gasteiger charge is 2.24. The van der Waals surface area contributed by atoms with E-state index in [1.165, 1.54) is 0 Å². The first-order valence-electron chi connectivity index (χ1n) is 26.1. The van der Waals surface area contributed by atoms with Gasteiger partial charge in [0.2, 0.25) is 0 Å². The molecule has 366 valence electrons. The first-order valence-corrected chi connectivity index (χ1v) is 26.1. The topological polar surface area (TPSA) is 26.1 Å². The standard InChI is InChI=1S/C72H52N4O/c1-9-25-53(26-10-1)65-49-61(73(55-29-13-3-14-30-55)56-31-15-4-16-32-56)41-45-69(65)75(59-37-21-7-22-38-59)63-43-47-71-67(51-63)68-52-64(44-48-72(68)77-71)76(60-39-23-8-24-40-60)70-46-42-62(50-66(70)54-27-11-2-12-28-54)74(57-33-17-5-18-34-57)58-35-19-6-20-36-58/h1-52H. The van der Waals surface area contributed by atoms with Gasteiger partial charge in [0, 0.05) is 78.8 Å². The average molecular weight is 989 g/mol. The summed E-state index contributed by atoms with van der Waals surface area (Å²) in [5.41, 5.74) is 18.7. The van der Waals surface area contributed by atoms with Gasteiger partial charge in [0.15, 0.2) is 0 Å². The van der Waals surface area contributed by atoms with Crippen LogP contribution >= 0.6 is 0 Å². The molecule has 77 heavy (non-hydrogen) atoms. The maximum atomic E-state index is 6.74. The first kappa shape index (κ1) is 46.4. The van der Waals surface area contributed by atoms with Crippen molar-refractivity contribution < 1.29 is 4.42 Å². The molecule has 0 aliphatic heterocycles. The highest BCUT2D eigenvalue weighted by Crippen LogP contribution is 2.49. The van der Waals surface area contributed by atoms with Gasteiger partial charge in [-0.15, -0.1) is 0 Å². The normalized spacial score (nSPS) is 11.1. The number of anilines is 12. The van der Waals surface area contributed by atoms with Crippen LogP contribution in [0.1, 0.15) is 0 Å². The average Bonchev–Trinajstić information content (AvgIpc) is 3.88. The zero-order chi connectivity index (χ0) is 51.3. The SMILES string of the molecule is c1ccc(-c2cc(N(c3ccccc3)c3ccccc3)ccc2N(c2ccccc2)c2ccc3oc4ccc(N(c5ccccc5)c5ccc(N(c6ccccc6)c6ccccc6)cc5-c5ccccc5)cc4c3c2)cc1. The molecule has 5 nitrogen and oxygen atoms in total. The molecule has 5 heteroatoms. The Morgan fingerprint density at radius 1 is 0.195 bits per heavy atom. The molecular weight excluding hydrogens is 937 g/mol. The molecule has 0 spiro atoms. The van der Waals surface area contributed by atoms with Crippen LogP contribution in [0.3, 0.4) is 0 Å². The van der Waals surface area contributed by atoms with Crippen LogP contribution in [-0.4, -0.2) is 0 Å². The summed E-state index contributed by atoms with van der Waals surface area (Å²) in [6, 6.07) is 112. The molecule has 0 aliphatic carbocycles. The third-order valence-corrected chi connectivity index (χ3v) is 14.2. The van der Waals surface area contributed by atoms with Crippen molar-refractivity contribution in [3.63, 3.8) is 0 Å². The molecule has 0 bridgehead atoms. The van der Waals surface area contributed by atoms with Crippen molar-refractivity contribution in [2.24, 2.45) is 0 Å². The lowest BCUT2D eigenvalue weighted by atomic mass is 9.99. The van der Waals surface area contributed by atoms with Crippen LogP contribution in [-0.2, 0) is 0 Å². The molecule has 0 amide bonds. The van der Waals surface area contributed by atoms with E-state index in [9.17, 15) is 0 Å². The van der Waals surface area contributed by atoms with E-state index >= 15 is 0 Å². The van der Waals surface area contributed by atoms with Gasteiger partial charge in [-0.1, -0.05) is 170 Å². The lowest BCUT2D eigenvalue weighted by Gasteiger charge is -2.31. The van der Waals surface area contributed by atoms with Crippen LogP contribution in [0.25, 0.3) is 44.2 Å². The van der Waals surface area contributed by atoms with Crippen molar-refractivity contribution >= 4 is 90.2 Å². The molecule has 0 saturated carbocycles. The molecule has 0 unspecified atom stereocenters. The van der Waals surface area contributed by atoms with Crippen LogP contribution in [0, 0.1) is 0 Å². The van der Waals surface area contributed by atoms with Crippen molar-refractivity contribution in [2.45, 2.75) is 0 Å². The van der Waals surface area contributed by atoms with Gasteiger partial charge in [0.25, 0.3) is 0 Å². The predicted octanol–water partition coefficient (Wildman–Crippen LogP) is 20.8. The first-order chi connectivity index (χ1) is 38.2. The van der Waals surface area contributed by atoms with Gasteiger partial charge < -0.3 is 24.0 Å². The van der Waals surface area contributed by atoms with Crippen molar-refractivity contribution in [3.8, 4) is 22.3 Å². The number of rotatable bonds is 14. The molecular formula is C72H52N4O. The maximum Gasteiger partial charge on any atom is 0.135 e. The number of fused-ring (bicyclic) bond motifs is 3. The molecule has 13 aromatic rings. The summed E-state index contributed by atoms with van der Waals surface area (Å²) in [5.74, 6) is 0. The maximum absolute atomic E-state index is 6.74. The molecule has 1 aromatic heterocycles. The van der Waals surface area contributed by atoms with E-state index in [1.807, 2.05) is 0 Å². The van der Waals surface area contributed by atoms with Gasteiger partial charge in [0.05, 0.1) is 11.4 Å². The van der Waals surface area contributed by atoms with E-state index in [1.54, 1.807) is 0 Å². The second-order valence-electron chi connectivity index (χ2n) is 19.0. The Labute approximate surface area is 449 Å². The fourth-order valence-electron chi connectivity index (χ4n) is 10.7. The van der Waals surface area contributed by atoms with Crippen LogP contribution in [0.5, 0.6) is 0 Å². The van der Waals surface area contributed by atoms with Gasteiger partial charge in [-0.3, -0.25) is 0 Å². The molecule has 0 fully saturated rings.